The van der Waals surface area contributed by atoms with E-state index >= 15 is 0 Å². The summed E-state index contributed by atoms with van der Waals surface area (Å²) in [6.07, 6.45) is 5.13. The van der Waals surface area contributed by atoms with Gasteiger partial charge in [-0.25, -0.2) is 0 Å². The standard InChI is InChI=1S/C21H31N3O2/c1-21(2,3)19-12-20-22-15(13-6-7-13)11-16(24(20)23-19)14-8-9-17(25-4)18(10-14)26-5/h8-10,13,15-16,20,22H,6-7,11-12H2,1-5H3. The van der Waals surface area contributed by atoms with Crippen molar-refractivity contribution in [3.63, 3.8) is 0 Å². The molecule has 2 fully saturated rings. The molecule has 0 spiro atoms. The fourth-order valence-corrected chi connectivity index (χ4v) is 4.24. The summed E-state index contributed by atoms with van der Waals surface area (Å²) in [4.78, 5) is 0. The van der Waals surface area contributed by atoms with Gasteiger partial charge in [-0.1, -0.05) is 26.8 Å². The fraction of sp³-hybridized carbons (Fsp3) is 0.667. The van der Waals surface area contributed by atoms with Crippen molar-refractivity contribution >= 4 is 5.71 Å². The molecule has 1 saturated heterocycles. The van der Waals surface area contributed by atoms with Crippen LogP contribution in [0.3, 0.4) is 0 Å². The summed E-state index contributed by atoms with van der Waals surface area (Å²) in [5, 5.41) is 11.3. The van der Waals surface area contributed by atoms with Crippen molar-refractivity contribution in [2.24, 2.45) is 16.4 Å². The maximum Gasteiger partial charge on any atom is 0.161 e. The molecule has 0 radical (unpaired) electrons. The van der Waals surface area contributed by atoms with E-state index in [-0.39, 0.29) is 11.5 Å². The molecule has 3 unspecified atom stereocenters. The third kappa shape index (κ3) is 3.18. The topological polar surface area (TPSA) is 46.1 Å². The van der Waals surface area contributed by atoms with E-state index in [1.807, 2.05) is 6.07 Å². The number of nitrogens with one attached hydrogen (secondary N) is 1. The highest BCUT2D eigenvalue weighted by Gasteiger charge is 2.45. The van der Waals surface area contributed by atoms with Gasteiger partial charge in [0.1, 0.15) is 6.17 Å². The van der Waals surface area contributed by atoms with E-state index in [2.05, 4.69) is 43.2 Å². The van der Waals surface area contributed by atoms with Crippen molar-refractivity contribution in [3.05, 3.63) is 23.8 Å². The van der Waals surface area contributed by atoms with Gasteiger partial charge in [-0.2, -0.15) is 5.10 Å². The van der Waals surface area contributed by atoms with Crippen LogP contribution in [0.5, 0.6) is 11.5 Å². The summed E-state index contributed by atoms with van der Waals surface area (Å²) >= 11 is 0. The van der Waals surface area contributed by atoms with Crippen molar-refractivity contribution in [2.45, 2.75) is 64.7 Å². The molecule has 1 saturated carbocycles. The second kappa shape index (κ2) is 6.45. The lowest BCUT2D eigenvalue weighted by Gasteiger charge is -2.42. The van der Waals surface area contributed by atoms with Gasteiger partial charge < -0.3 is 9.47 Å². The van der Waals surface area contributed by atoms with Crippen LogP contribution >= 0.6 is 0 Å². The molecule has 2 aliphatic heterocycles. The van der Waals surface area contributed by atoms with E-state index in [1.54, 1.807) is 14.2 Å². The Bertz CT molecular complexity index is 706. The summed E-state index contributed by atoms with van der Waals surface area (Å²) in [5.41, 5.74) is 2.66. The molecule has 1 N–H and O–H groups in total. The van der Waals surface area contributed by atoms with Gasteiger partial charge in [-0.15, -0.1) is 0 Å². The molecule has 26 heavy (non-hydrogen) atoms. The van der Waals surface area contributed by atoms with Crippen LogP contribution in [-0.2, 0) is 0 Å². The van der Waals surface area contributed by atoms with E-state index in [4.69, 9.17) is 14.6 Å². The molecule has 5 nitrogen and oxygen atoms in total. The average molecular weight is 357 g/mol. The van der Waals surface area contributed by atoms with Gasteiger partial charge in [-0.3, -0.25) is 10.3 Å². The Labute approximate surface area is 156 Å². The summed E-state index contributed by atoms with van der Waals surface area (Å²) in [6, 6.07) is 7.18. The molecule has 4 rings (SSSR count). The summed E-state index contributed by atoms with van der Waals surface area (Å²) < 4.78 is 11.0. The van der Waals surface area contributed by atoms with Gasteiger partial charge in [0.15, 0.2) is 11.5 Å². The van der Waals surface area contributed by atoms with Gasteiger partial charge in [0.05, 0.1) is 20.3 Å². The zero-order valence-corrected chi connectivity index (χ0v) is 16.6. The molecular formula is C21H31N3O2. The average Bonchev–Trinajstić information content (AvgIpc) is 3.37. The molecule has 3 aliphatic rings. The lowest BCUT2D eigenvalue weighted by atomic mass is 9.87. The van der Waals surface area contributed by atoms with Crippen LogP contribution in [0.15, 0.2) is 23.3 Å². The highest BCUT2D eigenvalue weighted by atomic mass is 16.5. The molecular weight excluding hydrogens is 326 g/mol. The minimum absolute atomic E-state index is 0.107. The molecule has 142 valence electrons. The molecule has 1 aromatic rings. The lowest BCUT2D eigenvalue weighted by molar-refractivity contribution is 0.0592. The summed E-state index contributed by atoms with van der Waals surface area (Å²) in [7, 11) is 3.38. The zero-order chi connectivity index (χ0) is 18.5. The quantitative estimate of drug-likeness (QED) is 0.886. The van der Waals surface area contributed by atoms with Crippen LogP contribution in [0.2, 0.25) is 0 Å². The number of benzene rings is 1. The third-order valence-corrected chi connectivity index (χ3v) is 5.99. The van der Waals surface area contributed by atoms with Crippen molar-refractivity contribution < 1.29 is 9.47 Å². The van der Waals surface area contributed by atoms with Gasteiger partial charge in [0.2, 0.25) is 0 Å². The normalized spacial score (nSPS) is 28.6. The largest absolute Gasteiger partial charge is 0.493 e. The van der Waals surface area contributed by atoms with Crippen LogP contribution in [0.1, 0.15) is 58.1 Å². The molecule has 1 aromatic carbocycles. The van der Waals surface area contributed by atoms with Crippen molar-refractivity contribution in [2.75, 3.05) is 14.2 Å². The number of hydrazone groups is 1. The van der Waals surface area contributed by atoms with Gasteiger partial charge in [0.25, 0.3) is 0 Å². The van der Waals surface area contributed by atoms with Gasteiger partial charge in [-0.05, 0) is 42.9 Å². The Hall–Kier alpha value is -1.75. The summed E-state index contributed by atoms with van der Waals surface area (Å²) in [6.45, 7) is 6.77. The molecule has 0 amide bonds. The maximum atomic E-state index is 5.55. The predicted octanol–water partition coefficient (Wildman–Crippen LogP) is 3.95. The second-order valence-corrected chi connectivity index (χ2v) is 8.87. The lowest BCUT2D eigenvalue weighted by Crippen LogP contribution is -2.54. The predicted molar refractivity (Wildman–Crippen MR) is 104 cm³/mol. The fourth-order valence-electron chi connectivity index (χ4n) is 4.24. The molecule has 0 aromatic heterocycles. The first-order chi connectivity index (χ1) is 12.4. The van der Waals surface area contributed by atoms with Crippen LogP contribution in [0.25, 0.3) is 0 Å². The van der Waals surface area contributed by atoms with Crippen molar-refractivity contribution in [1.82, 2.24) is 10.3 Å². The van der Waals surface area contributed by atoms with E-state index in [0.29, 0.717) is 12.2 Å². The number of nitrogens with zero attached hydrogens (tertiary/aromatic N) is 2. The number of hydrogen-bond acceptors (Lipinski definition) is 5. The highest BCUT2D eigenvalue weighted by Crippen LogP contribution is 2.45. The zero-order valence-electron chi connectivity index (χ0n) is 16.6. The Morgan fingerprint density at radius 1 is 1.12 bits per heavy atom. The number of fused-ring (bicyclic) bond motifs is 1. The van der Waals surface area contributed by atoms with Crippen molar-refractivity contribution in [1.29, 1.82) is 0 Å². The van der Waals surface area contributed by atoms with Gasteiger partial charge in [0, 0.05) is 23.6 Å². The van der Waals surface area contributed by atoms with E-state index in [0.717, 1.165) is 30.3 Å². The van der Waals surface area contributed by atoms with E-state index < -0.39 is 0 Å². The second-order valence-electron chi connectivity index (χ2n) is 8.87. The number of hydrogen-bond donors (Lipinski definition) is 1. The third-order valence-electron chi connectivity index (χ3n) is 5.99. The molecule has 2 heterocycles. The highest BCUT2D eigenvalue weighted by molar-refractivity contribution is 5.90. The number of methoxy groups -OCH3 is 2. The van der Waals surface area contributed by atoms with E-state index in [1.165, 1.54) is 24.1 Å². The minimum atomic E-state index is 0.107. The SMILES string of the molecule is COc1ccc(C2CC(C3CC3)NC3CC(C(C)(C)C)=NN32)cc1OC. The number of ether oxygens (including phenoxy) is 2. The molecule has 3 atom stereocenters. The first-order valence-electron chi connectivity index (χ1n) is 9.75. The minimum Gasteiger partial charge on any atom is -0.493 e. The Balaban J connectivity index is 1.68. The monoisotopic (exact) mass is 357 g/mol. The first-order valence-corrected chi connectivity index (χ1v) is 9.75. The van der Waals surface area contributed by atoms with Crippen LogP contribution in [0, 0.1) is 11.3 Å². The Morgan fingerprint density at radius 2 is 1.85 bits per heavy atom. The van der Waals surface area contributed by atoms with Gasteiger partial charge >= 0.3 is 0 Å². The van der Waals surface area contributed by atoms with Crippen molar-refractivity contribution in [3.8, 4) is 11.5 Å². The smallest absolute Gasteiger partial charge is 0.161 e. The Morgan fingerprint density at radius 3 is 2.46 bits per heavy atom. The maximum absolute atomic E-state index is 5.55. The van der Waals surface area contributed by atoms with Crippen LogP contribution in [0.4, 0.5) is 0 Å². The van der Waals surface area contributed by atoms with E-state index in [9.17, 15) is 0 Å². The van der Waals surface area contributed by atoms with Crippen LogP contribution < -0.4 is 14.8 Å². The molecule has 0 bridgehead atoms. The number of rotatable bonds is 4. The molecule has 5 heteroatoms. The summed E-state index contributed by atoms with van der Waals surface area (Å²) in [5.74, 6) is 2.40. The first kappa shape index (κ1) is 17.7. The van der Waals surface area contributed by atoms with Crippen LogP contribution in [-0.4, -0.2) is 37.1 Å². The molecule has 1 aliphatic carbocycles. The Kier molecular flexibility index (Phi) is 4.38.